The first-order valence-corrected chi connectivity index (χ1v) is 4.80. The molecule has 0 radical (unpaired) electrons. The van der Waals surface area contributed by atoms with Crippen LogP contribution in [0, 0.1) is 3.14 Å². The van der Waals surface area contributed by atoms with Crippen molar-refractivity contribution in [1.82, 2.24) is 0 Å². The molecule has 0 aromatic carbocycles. The Hall–Kier alpha value is -0.790. The van der Waals surface area contributed by atoms with Crippen LogP contribution in [0.4, 0.5) is 0 Å². The Bertz CT molecular complexity index is 357. The van der Waals surface area contributed by atoms with E-state index in [1.165, 1.54) is 0 Å². The number of hydrogen-bond donors (Lipinski definition) is 2. The van der Waals surface area contributed by atoms with Crippen LogP contribution in [0.15, 0.2) is 0 Å². The fourth-order valence-electron chi connectivity index (χ4n) is 0.605. The van der Waals surface area contributed by atoms with Gasteiger partial charge in [-0.1, -0.05) is 12.2 Å². The summed E-state index contributed by atoms with van der Waals surface area (Å²) in [5.41, 5.74) is 9.98. The van der Waals surface area contributed by atoms with Gasteiger partial charge in [-0.25, -0.2) is 0 Å². The molecule has 0 saturated heterocycles. The van der Waals surface area contributed by atoms with Gasteiger partial charge in [0.25, 0.3) is 11.8 Å². The van der Waals surface area contributed by atoms with Crippen molar-refractivity contribution in [2.75, 3.05) is 0 Å². The molecular weight excluding hydrogens is 216 g/mol. The Morgan fingerprint density at radius 3 is 1.67 bits per heavy atom. The lowest BCUT2D eigenvalue weighted by atomic mass is 10.4. The molecule has 64 valence electrons. The van der Waals surface area contributed by atoms with Crippen LogP contribution in [0.3, 0.4) is 0 Å². The number of hydrogen-bond acceptors (Lipinski definition) is 5. The molecule has 12 heavy (non-hydrogen) atoms. The quantitative estimate of drug-likeness (QED) is 0.721. The average molecular weight is 220 g/mol. The topological polar surface area (TPSA) is 86.2 Å². The maximum atomic E-state index is 10.7. The minimum absolute atomic E-state index is 0.150. The molecule has 0 aliphatic carbocycles. The monoisotopic (exact) mass is 220 g/mol. The second-order valence-corrected chi connectivity index (χ2v) is 5.07. The standard InChI is InChI=1S/C5H4N2O2S3/c6-3(8)1-2(4(7)9)12-5(10)11-1/h(H2,6,8)(H2,7,9). The number of rotatable bonds is 2. The van der Waals surface area contributed by atoms with Gasteiger partial charge in [0.2, 0.25) is 0 Å². The average Bonchev–Trinajstić information content (AvgIpc) is 2.31. The summed E-state index contributed by atoms with van der Waals surface area (Å²) < 4.78 is 0.470. The molecule has 0 unspecified atom stereocenters. The van der Waals surface area contributed by atoms with Crippen LogP contribution >= 0.6 is 34.9 Å². The van der Waals surface area contributed by atoms with Gasteiger partial charge in [-0.05, 0) is 0 Å². The number of carbonyl (C=O) groups is 2. The van der Waals surface area contributed by atoms with Crippen LogP contribution in [-0.4, -0.2) is 11.8 Å². The maximum Gasteiger partial charge on any atom is 0.260 e. The molecule has 4 nitrogen and oxygen atoms in total. The summed E-state index contributed by atoms with van der Waals surface area (Å²) in [5, 5.41) is 0. The summed E-state index contributed by atoms with van der Waals surface area (Å²) in [4.78, 5) is 21.8. The third-order valence-electron chi connectivity index (χ3n) is 1.02. The normalized spacial score (nSPS) is 9.67. The predicted molar refractivity (Wildman–Crippen MR) is 50.1 cm³/mol. The van der Waals surface area contributed by atoms with E-state index in [9.17, 15) is 9.59 Å². The highest BCUT2D eigenvalue weighted by molar-refractivity contribution is 7.76. The van der Waals surface area contributed by atoms with E-state index < -0.39 is 11.8 Å². The highest BCUT2D eigenvalue weighted by Gasteiger charge is 2.16. The van der Waals surface area contributed by atoms with Gasteiger partial charge < -0.3 is 11.5 Å². The molecule has 1 rings (SSSR count). The first kappa shape index (κ1) is 9.30. The molecule has 4 N–H and O–H groups in total. The molecule has 0 bridgehead atoms. The predicted octanol–water partition coefficient (Wildman–Crippen LogP) is 0.737. The smallest absolute Gasteiger partial charge is 0.260 e. The molecular formula is C5H4N2O2S3. The van der Waals surface area contributed by atoms with Crippen LogP contribution in [0.25, 0.3) is 0 Å². The Kier molecular flexibility index (Phi) is 2.55. The maximum absolute atomic E-state index is 10.7. The van der Waals surface area contributed by atoms with E-state index in [4.69, 9.17) is 23.7 Å². The Balaban J connectivity index is 3.36. The van der Waals surface area contributed by atoms with Crippen molar-refractivity contribution in [2.45, 2.75) is 0 Å². The van der Waals surface area contributed by atoms with Crippen LogP contribution < -0.4 is 11.5 Å². The zero-order valence-corrected chi connectivity index (χ0v) is 8.15. The molecule has 0 fully saturated rings. The second kappa shape index (κ2) is 3.30. The molecule has 1 aromatic heterocycles. The molecule has 0 aliphatic heterocycles. The van der Waals surface area contributed by atoms with Gasteiger partial charge in [0, 0.05) is 0 Å². The lowest BCUT2D eigenvalue weighted by Gasteiger charge is -1.90. The molecule has 7 heteroatoms. The molecule has 0 aliphatic rings. The van der Waals surface area contributed by atoms with Crippen molar-refractivity contribution in [2.24, 2.45) is 11.5 Å². The molecule has 0 spiro atoms. The van der Waals surface area contributed by atoms with Gasteiger partial charge in [0.15, 0.2) is 0 Å². The van der Waals surface area contributed by atoms with Crippen LogP contribution in [0.5, 0.6) is 0 Å². The lowest BCUT2D eigenvalue weighted by Crippen LogP contribution is -2.17. The third-order valence-corrected chi connectivity index (χ3v) is 3.71. The number of primary amides is 2. The fourth-order valence-corrected chi connectivity index (χ4v) is 2.94. The highest BCUT2D eigenvalue weighted by Crippen LogP contribution is 2.23. The molecule has 1 aromatic rings. The summed E-state index contributed by atoms with van der Waals surface area (Å²) in [6, 6.07) is 0. The van der Waals surface area contributed by atoms with E-state index in [2.05, 4.69) is 0 Å². The van der Waals surface area contributed by atoms with Crippen molar-refractivity contribution < 1.29 is 9.59 Å². The van der Waals surface area contributed by atoms with E-state index in [1.54, 1.807) is 0 Å². The number of carbonyl (C=O) groups excluding carboxylic acids is 2. The van der Waals surface area contributed by atoms with Gasteiger partial charge in [-0.15, -0.1) is 22.7 Å². The molecule has 0 saturated carbocycles. The van der Waals surface area contributed by atoms with Gasteiger partial charge in [-0.3, -0.25) is 9.59 Å². The zero-order valence-electron chi connectivity index (χ0n) is 5.70. The summed E-state index contributed by atoms with van der Waals surface area (Å²) >= 11 is 6.80. The van der Waals surface area contributed by atoms with Gasteiger partial charge in [0.1, 0.15) is 12.9 Å². The first-order valence-electron chi connectivity index (χ1n) is 2.76. The molecule has 0 atom stereocenters. The second-order valence-electron chi connectivity index (χ2n) is 1.84. The first-order chi connectivity index (χ1) is 5.52. The third kappa shape index (κ3) is 1.68. The van der Waals surface area contributed by atoms with Gasteiger partial charge >= 0.3 is 0 Å². The van der Waals surface area contributed by atoms with Crippen LogP contribution in [0.1, 0.15) is 19.3 Å². The SMILES string of the molecule is NC(=O)c1sc(=S)sc1C(N)=O. The van der Waals surface area contributed by atoms with Crippen molar-refractivity contribution in [3.63, 3.8) is 0 Å². The van der Waals surface area contributed by atoms with E-state index in [0.717, 1.165) is 22.7 Å². The van der Waals surface area contributed by atoms with Gasteiger partial charge in [0.05, 0.1) is 0 Å². The lowest BCUT2D eigenvalue weighted by molar-refractivity contribution is 0.0973. The van der Waals surface area contributed by atoms with Crippen molar-refractivity contribution in [3.05, 3.63) is 12.9 Å². The van der Waals surface area contributed by atoms with Crippen molar-refractivity contribution in [3.8, 4) is 0 Å². The fraction of sp³-hybridized carbons (Fsp3) is 0. The van der Waals surface area contributed by atoms with E-state index in [0.29, 0.717) is 3.14 Å². The zero-order chi connectivity index (χ0) is 9.30. The van der Waals surface area contributed by atoms with E-state index in [1.807, 2.05) is 0 Å². The largest absolute Gasteiger partial charge is 0.365 e. The van der Waals surface area contributed by atoms with Crippen LogP contribution in [-0.2, 0) is 0 Å². The Morgan fingerprint density at radius 1 is 1.08 bits per heavy atom. The van der Waals surface area contributed by atoms with E-state index >= 15 is 0 Å². The van der Waals surface area contributed by atoms with Crippen molar-refractivity contribution in [1.29, 1.82) is 0 Å². The summed E-state index contributed by atoms with van der Waals surface area (Å²) in [5.74, 6) is -1.33. The van der Waals surface area contributed by atoms with Crippen LogP contribution in [0.2, 0.25) is 0 Å². The molecule has 2 amide bonds. The minimum atomic E-state index is -0.666. The Labute approximate surface area is 80.8 Å². The van der Waals surface area contributed by atoms with Gasteiger partial charge in [-0.2, -0.15) is 0 Å². The number of nitrogens with two attached hydrogens (primary N) is 2. The van der Waals surface area contributed by atoms with E-state index in [-0.39, 0.29) is 9.75 Å². The highest BCUT2D eigenvalue weighted by atomic mass is 32.2. The summed E-state index contributed by atoms with van der Waals surface area (Å²) in [7, 11) is 0. The number of amides is 2. The summed E-state index contributed by atoms with van der Waals surface area (Å²) in [6.07, 6.45) is 0. The van der Waals surface area contributed by atoms with Crippen molar-refractivity contribution >= 4 is 46.7 Å². The summed E-state index contributed by atoms with van der Waals surface area (Å²) in [6.45, 7) is 0. The minimum Gasteiger partial charge on any atom is -0.365 e. The Morgan fingerprint density at radius 2 is 1.42 bits per heavy atom. The molecule has 1 heterocycles.